The Morgan fingerprint density at radius 3 is 2.38 bits per heavy atom. The van der Waals surface area contributed by atoms with Crippen LogP contribution in [0.15, 0.2) is 11.2 Å². The summed E-state index contributed by atoms with van der Waals surface area (Å²) >= 11 is 0. The topological polar surface area (TPSA) is 61.8 Å². The highest BCUT2D eigenvalue weighted by molar-refractivity contribution is 5.79. The number of ether oxygens (including phenoxy) is 1. The lowest BCUT2D eigenvalue weighted by atomic mass is 10.1. The molecule has 0 bridgehead atoms. The Morgan fingerprint density at radius 1 is 1.19 bits per heavy atom. The van der Waals surface area contributed by atoms with Crippen molar-refractivity contribution in [2.45, 2.75) is 66.6 Å². The zero-order chi connectivity index (χ0) is 19.7. The van der Waals surface area contributed by atoms with Crippen molar-refractivity contribution >= 4 is 5.96 Å². The van der Waals surface area contributed by atoms with Crippen molar-refractivity contribution in [1.29, 1.82) is 0 Å². The summed E-state index contributed by atoms with van der Waals surface area (Å²) in [4.78, 5) is 11.3. The molecule has 0 aliphatic carbocycles. The minimum atomic E-state index is 0.568. The summed E-state index contributed by atoms with van der Waals surface area (Å²) < 4.78 is 5.47. The van der Waals surface area contributed by atoms with Gasteiger partial charge in [-0.1, -0.05) is 0 Å². The second-order valence-electron chi connectivity index (χ2n) is 7.18. The number of hydrogen-bond acceptors (Lipinski definition) is 4. The van der Waals surface area contributed by atoms with E-state index in [1.165, 1.54) is 0 Å². The monoisotopic (exact) mass is 363 g/mol. The van der Waals surface area contributed by atoms with Gasteiger partial charge in [-0.3, -0.25) is 14.9 Å². The van der Waals surface area contributed by atoms with E-state index in [0.717, 1.165) is 48.0 Å². The third kappa shape index (κ3) is 6.48. The molecule has 2 N–H and O–H groups in total. The predicted molar refractivity (Wildman–Crippen MR) is 110 cm³/mol. The average molecular weight is 364 g/mol. The van der Waals surface area contributed by atoms with E-state index >= 15 is 0 Å². The lowest BCUT2D eigenvalue weighted by Crippen LogP contribution is -2.41. The third-order valence-electron chi connectivity index (χ3n) is 4.61. The fraction of sp³-hybridized carbons (Fsp3) is 0.700. The Balaban J connectivity index is 2.49. The maximum absolute atomic E-state index is 5.47. The molecule has 1 aromatic heterocycles. The van der Waals surface area contributed by atoms with Crippen molar-refractivity contribution in [2.24, 2.45) is 4.99 Å². The van der Waals surface area contributed by atoms with Gasteiger partial charge in [0.15, 0.2) is 5.96 Å². The quantitative estimate of drug-likeness (QED) is 0.401. The van der Waals surface area contributed by atoms with Crippen LogP contribution < -0.4 is 15.4 Å². The molecule has 0 atom stereocenters. The van der Waals surface area contributed by atoms with Gasteiger partial charge in [-0.05, 0) is 48.0 Å². The molecule has 6 nitrogen and oxygen atoms in total. The van der Waals surface area contributed by atoms with Crippen LogP contribution in [0.25, 0.3) is 0 Å². The van der Waals surface area contributed by atoms with Crippen molar-refractivity contribution in [3.8, 4) is 5.75 Å². The molecule has 0 radical (unpaired) electrons. The molecule has 1 rings (SSSR count). The van der Waals surface area contributed by atoms with E-state index in [1.807, 2.05) is 20.0 Å². The lowest BCUT2D eigenvalue weighted by molar-refractivity contribution is 0.173. The first-order valence-electron chi connectivity index (χ1n) is 9.51. The van der Waals surface area contributed by atoms with E-state index in [4.69, 9.17) is 4.74 Å². The molecule has 1 heterocycles. The number of aliphatic imine (C=N–C) groups is 1. The van der Waals surface area contributed by atoms with E-state index in [1.54, 1.807) is 14.2 Å². The van der Waals surface area contributed by atoms with Gasteiger partial charge in [0, 0.05) is 49.5 Å². The Kier molecular flexibility index (Phi) is 9.41. The first-order chi connectivity index (χ1) is 12.3. The van der Waals surface area contributed by atoms with Crippen molar-refractivity contribution in [3.05, 3.63) is 23.0 Å². The minimum absolute atomic E-state index is 0.568. The molecule has 0 aliphatic heterocycles. The van der Waals surface area contributed by atoms with Crippen LogP contribution in [0.2, 0.25) is 0 Å². The fourth-order valence-corrected chi connectivity index (χ4v) is 3.22. The fourth-order valence-electron chi connectivity index (χ4n) is 3.22. The number of nitrogens with one attached hydrogen (secondary N) is 2. The lowest BCUT2D eigenvalue weighted by Gasteiger charge is -2.30. The van der Waals surface area contributed by atoms with Gasteiger partial charge in [0.1, 0.15) is 5.75 Å². The van der Waals surface area contributed by atoms with Gasteiger partial charge in [0.2, 0.25) is 0 Å². The van der Waals surface area contributed by atoms with Crippen LogP contribution in [0, 0.1) is 13.8 Å². The number of nitrogens with zero attached hydrogens (tertiary/aromatic N) is 3. The average Bonchev–Trinajstić information content (AvgIpc) is 2.58. The Labute approximate surface area is 159 Å². The number of aryl methyl sites for hydroxylation is 1. The van der Waals surface area contributed by atoms with Crippen molar-refractivity contribution in [1.82, 2.24) is 20.5 Å². The molecule has 0 fully saturated rings. The molecule has 0 spiro atoms. The predicted octanol–water partition coefficient (Wildman–Crippen LogP) is 2.88. The van der Waals surface area contributed by atoms with Gasteiger partial charge in [-0.15, -0.1) is 0 Å². The number of rotatable bonds is 9. The van der Waals surface area contributed by atoms with Gasteiger partial charge in [0.25, 0.3) is 0 Å². The minimum Gasteiger partial charge on any atom is -0.496 e. The summed E-state index contributed by atoms with van der Waals surface area (Å²) in [6.07, 6.45) is 2.93. The molecule has 0 saturated heterocycles. The largest absolute Gasteiger partial charge is 0.496 e. The van der Waals surface area contributed by atoms with Gasteiger partial charge in [-0.25, -0.2) is 0 Å². The molecule has 6 heteroatoms. The summed E-state index contributed by atoms with van der Waals surface area (Å²) in [5.74, 6) is 1.70. The molecule has 26 heavy (non-hydrogen) atoms. The zero-order valence-electron chi connectivity index (χ0n) is 17.8. The number of pyridine rings is 1. The molecule has 0 amide bonds. The van der Waals surface area contributed by atoms with Crippen molar-refractivity contribution in [3.63, 3.8) is 0 Å². The summed E-state index contributed by atoms with van der Waals surface area (Å²) in [5.41, 5.74) is 3.09. The van der Waals surface area contributed by atoms with Crippen molar-refractivity contribution in [2.75, 3.05) is 27.2 Å². The standard InChI is InChI=1S/C20H37N5O/c1-14(2)25(15(3)4)11-9-10-22-20(21-7)24-13-18-17(6)19(26-8)16(5)12-23-18/h12,14-15H,9-11,13H2,1-8H3,(H2,21,22,24). The van der Waals surface area contributed by atoms with E-state index < -0.39 is 0 Å². The van der Waals surface area contributed by atoms with Crippen LogP contribution in [0.4, 0.5) is 0 Å². The highest BCUT2D eigenvalue weighted by Crippen LogP contribution is 2.23. The Bertz CT molecular complexity index is 576. The molecule has 0 aliphatic rings. The SMILES string of the molecule is CN=C(NCCCN(C(C)C)C(C)C)NCc1ncc(C)c(OC)c1C. The molecular formula is C20H37N5O. The first kappa shape index (κ1) is 22.2. The highest BCUT2D eigenvalue weighted by atomic mass is 16.5. The Hall–Kier alpha value is -1.82. The second-order valence-corrected chi connectivity index (χ2v) is 7.18. The zero-order valence-corrected chi connectivity index (χ0v) is 17.8. The maximum Gasteiger partial charge on any atom is 0.191 e. The molecular weight excluding hydrogens is 326 g/mol. The smallest absolute Gasteiger partial charge is 0.191 e. The third-order valence-corrected chi connectivity index (χ3v) is 4.61. The number of aromatic nitrogens is 1. The second kappa shape index (κ2) is 11.0. The summed E-state index contributed by atoms with van der Waals surface area (Å²) in [6.45, 7) is 15.6. The summed E-state index contributed by atoms with van der Waals surface area (Å²) in [5, 5.41) is 6.72. The van der Waals surface area contributed by atoms with Crippen LogP contribution in [0.3, 0.4) is 0 Å². The van der Waals surface area contributed by atoms with E-state index in [9.17, 15) is 0 Å². The van der Waals surface area contributed by atoms with Gasteiger partial charge >= 0.3 is 0 Å². The normalized spacial score (nSPS) is 12.2. The van der Waals surface area contributed by atoms with E-state index in [0.29, 0.717) is 18.6 Å². The first-order valence-corrected chi connectivity index (χ1v) is 9.51. The van der Waals surface area contributed by atoms with Crippen LogP contribution in [0.5, 0.6) is 5.75 Å². The highest BCUT2D eigenvalue weighted by Gasteiger charge is 2.13. The molecule has 0 saturated carbocycles. The van der Waals surface area contributed by atoms with E-state index in [2.05, 4.69) is 53.2 Å². The molecule has 0 unspecified atom stereocenters. The number of hydrogen-bond donors (Lipinski definition) is 2. The van der Waals surface area contributed by atoms with Gasteiger partial charge in [-0.2, -0.15) is 0 Å². The van der Waals surface area contributed by atoms with Crippen molar-refractivity contribution < 1.29 is 4.74 Å². The molecule has 0 aromatic carbocycles. The van der Waals surface area contributed by atoms with Crippen LogP contribution in [-0.2, 0) is 6.54 Å². The summed E-state index contributed by atoms with van der Waals surface area (Å²) in [6, 6.07) is 1.14. The van der Waals surface area contributed by atoms with Gasteiger partial charge in [0.05, 0.1) is 19.3 Å². The van der Waals surface area contributed by atoms with Gasteiger partial charge < -0.3 is 15.4 Å². The molecule has 1 aromatic rings. The molecule has 148 valence electrons. The Morgan fingerprint density at radius 2 is 1.85 bits per heavy atom. The maximum atomic E-state index is 5.47. The van der Waals surface area contributed by atoms with Crippen LogP contribution in [-0.4, -0.2) is 55.2 Å². The number of methoxy groups -OCH3 is 1. The number of guanidine groups is 1. The summed E-state index contributed by atoms with van der Waals surface area (Å²) in [7, 11) is 3.49. The van der Waals surface area contributed by atoms with Crippen LogP contribution in [0.1, 0.15) is 50.9 Å². The van der Waals surface area contributed by atoms with E-state index in [-0.39, 0.29) is 0 Å². The van der Waals surface area contributed by atoms with Crippen LogP contribution >= 0.6 is 0 Å².